The van der Waals surface area contributed by atoms with Crippen molar-refractivity contribution in [3.63, 3.8) is 0 Å². The van der Waals surface area contributed by atoms with Gasteiger partial charge in [0.2, 0.25) is 0 Å². The lowest BCUT2D eigenvalue weighted by molar-refractivity contribution is -0.274. The molecule has 0 N–H and O–H groups in total. The van der Waals surface area contributed by atoms with Crippen LogP contribution >= 0.6 is 0 Å². The number of carbonyl (C=O) groups excluding carboxylic acids is 1. The van der Waals surface area contributed by atoms with E-state index in [1.54, 1.807) is 6.92 Å². The van der Waals surface area contributed by atoms with Crippen LogP contribution in [-0.2, 0) is 0 Å². The summed E-state index contributed by atoms with van der Waals surface area (Å²) in [6, 6.07) is 3.40. The molecule has 0 saturated heterocycles. The number of Topliss-reactive ketones (excluding diaryl/α,β-unsaturated/α-hetero) is 1. The topological polar surface area (TPSA) is 35.5 Å². The van der Waals surface area contributed by atoms with Gasteiger partial charge < -0.3 is 9.47 Å². The van der Waals surface area contributed by atoms with Crippen molar-refractivity contribution in [3.8, 4) is 11.5 Å². The SMILES string of the molecule is CCOc1ccc(OC(F)(F)F)cc1C(C)=O. The molecular formula is C11H11F3O3. The van der Waals surface area contributed by atoms with E-state index in [9.17, 15) is 18.0 Å². The molecule has 0 atom stereocenters. The first-order valence-corrected chi connectivity index (χ1v) is 4.87. The van der Waals surface area contributed by atoms with E-state index >= 15 is 0 Å². The van der Waals surface area contributed by atoms with Crippen molar-refractivity contribution in [2.24, 2.45) is 0 Å². The molecule has 17 heavy (non-hydrogen) atoms. The predicted octanol–water partition coefficient (Wildman–Crippen LogP) is 3.19. The summed E-state index contributed by atoms with van der Waals surface area (Å²) >= 11 is 0. The fourth-order valence-electron chi connectivity index (χ4n) is 1.26. The smallest absolute Gasteiger partial charge is 0.493 e. The predicted molar refractivity (Wildman–Crippen MR) is 54.3 cm³/mol. The number of benzene rings is 1. The molecule has 0 fully saturated rings. The second kappa shape index (κ2) is 5.07. The minimum Gasteiger partial charge on any atom is -0.493 e. The average molecular weight is 248 g/mol. The van der Waals surface area contributed by atoms with E-state index in [1.807, 2.05) is 0 Å². The Balaban J connectivity index is 3.05. The summed E-state index contributed by atoms with van der Waals surface area (Å²) in [6.45, 7) is 3.28. The molecule has 94 valence electrons. The molecule has 0 amide bonds. The Hall–Kier alpha value is -1.72. The molecule has 0 bridgehead atoms. The van der Waals surface area contributed by atoms with E-state index < -0.39 is 12.1 Å². The Morgan fingerprint density at radius 2 is 2.00 bits per heavy atom. The van der Waals surface area contributed by atoms with Crippen LogP contribution in [0.3, 0.4) is 0 Å². The minimum atomic E-state index is -4.78. The third kappa shape index (κ3) is 3.97. The van der Waals surface area contributed by atoms with Crippen LogP contribution in [0.5, 0.6) is 11.5 Å². The highest BCUT2D eigenvalue weighted by Crippen LogP contribution is 2.28. The van der Waals surface area contributed by atoms with Gasteiger partial charge in [0.25, 0.3) is 0 Å². The van der Waals surface area contributed by atoms with Gasteiger partial charge in [-0.25, -0.2) is 0 Å². The highest BCUT2D eigenvalue weighted by atomic mass is 19.4. The Morgan fingerprint density at radius 3 is 2.47 bits per heavy atom. The maximum absolute atomic E-state index is 12.0. The molecule has 0 aromatic heterocycles. The number of halogens is 3. The highest BCUT2D eigenvalue weighted by molar-refractivity contribution is 5.97. The number of ketones is 1. The van der Waals surface area contributed by atoms with E-state index in [0.717, 1.165) is 12.1 Å². The van der Waals surface area contributed by atoms with Gasteiger partial charge in [0, 0.05) is 0 Å². The minimum absolute atomic E-state index is 0.0635. The Morgan fingerprint density at radius 1 is 1.35 bits per heavy atom. The van der Waals surface area contributed by atoms with E-state index in [-0.39, 0.29) is 17.1 Å². The summed E-state index contributed by atoms with van der Waals surface area (Å²) in [5, 5.41) is 0. The number of alkyl halides is 3. The Bertz CT molecular complexity index is 413. The van der Waals surface area contributed by atoms with Crippen molar-refractivity contribution in [2.75, 3.05) is 6.61 Å². The molecule has 0 aliphatic heterocycles. The van der Waals surface area contributed by atoms with Crippen LogP contribution in [0.4, 0.5) is 13.2 Å². The molecule has 0 heterocycles. The summed E-state index contributed by atoms with van der Waals surface area (Å²) in [4.78, 5) is 11.2. The first-order valence-electron chi connectivity index (χ1n) is 4.87. The lowest BCUT2D eigenvalue weighted by atomic mass is 10.1. The molecule has 0 radical (unpaired) electrons. The van der Waals surface area contributed by atoms with Crippen LogP contribution in [0.15, 0.2) is 18.2 Å². The first kappa shape index (κ1) is 13.3. The molecular weight excluding hydrogens is 237 g/mol. The maximum atomic E-state index is 12.0. The summed E-state index contributed by atoms with van der Waals surface area (Å²) in [7, 11) is 0. The Kier molecular flexibility index (Phi) is 3.98. The molecule has 0 aliphatic carbocycles. The molecule has 1 aromatic rings. The van der Waals surface area contributed by atoms with Gasteiger partial charge in [-0.3, -0.25) is 4.79 Å². The fraction of sp³-hybridized carbons (Fsp3) is 0.364. The van der Waals surface area contributed by atoms with Crippen LogP contribution in [0.25, 0.3) is 0 Å². The third-order valence-corrected chi connectivity index (χ3v) is 1.86. The van der Waals surface area contributed by atoms with Gasteiger partial charge in [-0.2, -0.15) is 0 Å². The van der Waals surface area contributed by atoms with Gasteiger partial charge in [-0.05, 0) is 32.0 Å². The summed E-state index contributed by atoms with van der Waals surface area (Å²) < 4.78 is 44.8. The summed E-state index contributed by atoms with van der Waals surface area (Å²) in [5.41, 5.74) is 0.0635. The molecule has 6 heteroatoms. The average Bonchev–Trinajstić information content (AvgIpc) is 2.18. The lowest BCUT2D eigenvalue weighted by Crippen LogP contribution is -2.17. The largest absolute Gasteiger partial charge is 0.573 e. The molecule has 1 aromatic carbocycles. The van der Waals surface area contributed by atoms with Gasteiger partial charge in [0.1, 0.15) is 11.5 Å². The zero-order chi connectivity index (χ0) is 13.1. The number of ether oxygens (including phenoxy) is 2. The van der Waals surface area contributed by atoms with Gasteiger partial charge in [0.05, 0.1) is 12.2 Å². The van der Waals surface area contributed by atoms with Crippen LogP contribution in [0.1, 0.15) is 24.2 Å². The molecule has 0 unspecified atom stereocenters. The van der Waals surface area contributed by atoms with Gasteiger partial charge >= 0.3 is 6.36 Å². The number of hydrogen-bond donors (Lipinski definition) is 0. The van der Waals surface area contributed by atoms with Crippen molar-refractivity contribution in [1.29, 1.82) is 0 Å². The molecule has 0 spiro atoms. The van der Waals surface area contributed by atoms with Crippen LogP contribution in [0, 0.1) is 0 Å². The van der Waals surface area contributed by atoms with E-state index in [0.29, 0.717) is 6.61 Å². The second-order valence-electron chi connectivity index (χ2n) is 3.19. The van der Waals surface area contributed by atoms with E-state index in [4.69, 9.17) is 4.74 Å². The summed E-state index contributed by atoms with van der Waals surface area (Å²) in [6.07, 6.45) is -4.78. The first-order chi connectivity index (χ1) is 7.83. The third-order valence-electron chi connectivity index (χ3n) is 1.86. The second-order valence-corrected chi connectivity index (χ2v) is 3.19. The molecule has 1 rings (SSSR count). The van der Waals surface area contributed by atoms with Gasteiger partial charge in [-0.1, -0.05) is 0 Å². The number of hydrogen-bond acceptors (Lipinski definition) is 3. The van der Waals surface area contributed by atoms with Crippen molar-refractivity contribution >= 4 is 5.78 Å². The molecule has 0 saturated carbocycles. The van der Waals surface area contributed by atoms with Gasteiger partial charge in [0.15, 0.2) is 5.78 Å². The number of carbonyl (C=O) groups is 1. The lowest BCUT2D eigenvalue weighted by Gasteiger charge is -2.12. The van der Waals surface area contributed by atoms with E-state index in [1.165, 1.54) is 13.0 Å². The maximum Gasteiger partial charge on any atom is 0.573 e. The summed E-state index contributed by atoms with van der Waals surface area (Å²) in [5.74, 6) is -0.582. The zero-order valence-electron chi connectivity index (χ0n) is 9.30. The normalized spacial score (nSPS) is 11.1. The van der Waals surface area contributed by atoms with Gasteiger partial charge in [-0.15, -0.1) is 13.2 Å². The van der Waals surface area contributed by atoms with Crippen LogP contribution in [0.2, 0.25) is 0 Å². The van der Waals surface area contributed by atoms with E-state index in [2.05, 4.69) is 4.74 Å². The zero-order valence-corrected chi connectivity index (χ0v) is 9.30. The monoisotopic (exact) mass is 248 g/mol. The van der Waals surface area contributed by atoms with Crippen molar-refractivity contribution in [2.45, 2.75) is 20.2 Å². The molecule has 3 nitrogen and oxygen atoms in total. The Labute approximate surface area is 96.1 Å². The quantitative estimate of drug-likeness (QED) is 0.767. The number of rotatable bonds is 4. The van der Waals surface area contributed by atoms with Crippen molar-refractivity contribution in [3.05, 3.63) is 23.8 Å². The standard InChI is InChI=1S/C11H11F3O3/c1-3-16-10-5-4-8(17-11(12,13)14)6-9(10)7(2)15/h4-6H,3H2,1-2H3. The van der Waals surface area contributed by atoms with Crippen molar-refractivity contribution in [1.82, 2.24) is 0 Å². The molecule has 0 aliphatic rings. The van der Waals surface area contributed by atoms with Crippen LogP contribution < -0.4 is 9.47 Å². The van der Waals surface area contributed by atoms with Crippen LogP contribution in [-0.4, -0.2) is 18.8 Å². The van der Waals surface area contributed by atoms with Crippen molar-refractivity contribution < 1.29 is 27.4 Å². The fourth-order valence-corrected chi connectivity index (χ4v) is 1.26. The highest BCUT2D eigenvalue weighted by Gasteiger charge is 2.31.